The molecule has 1 atom stereocenters. The Kier molecular flexibility index (Phi) is 9.97. The normalized spacial score (nSPS) is 11.8. The third-order valence-corrected chi connectivity index (χ3v) is 3.71. The summed E-state index contributed by atoms with van der Waals surface area (Å²) in [6.07, 6.45) is 0.795. The highest BCUT2D eigenvalue weighted by Gasteiger charge is 2.17. The molecule has 0 saturated heterocycles. The average molecular weight is 376 g/mol. The number of hydrogen-bond acceptors (Lipinski definition) is 3. The monoisotopic (exact) mass is 375 g/mol. The van der Waals surface area contributed by atoms with Gasteiger partial charge in [0.1, 0.15) is 0 Å². The van der Waals surface area contributed by atoms with Crippen molar-refractivity contribution in [1.29, 1.82) is 0 Å². The highest BCUT2D eigenvalue weighted by atomic mass is 35.5. The summed E-state index contributed by atoms with van der Waals surface area (Å²) in [7, 11) is 0. The predicted molar refractivity (Wildman–Crippen MR) is 102 cm³/mol. The second kappa shape index (κ2) is 10.5. The number of nitrogens with one attached hydrogen (secondary N) is 2. The molecule has 0 fully saturated rings. The number of benzene rings is 1. The van der Waals surface area contributed by atoms with E-state index in [9.17, 15) is 9.59 Å². The topological polar surface area (TPSA) is 84.2 Å². The van der Waals surface area contributed by atoms with E-state index >= 15 is 0 Å². The Morgan fingerprint density at radius 2 is 1.83 bits per heavy atom. The SMILES string of the molecule is CC(C)CC(CN)NC(=O)c1cc(NC(=O)C(C)C)ccc1Cl.Cl. The third-order valence-electron chi connectivity index (χ3n) is 3.38. The molecule has 1 aromatic rings. The van der Waals surface area contributed by atoms with Crippen LogP contribution >= 0.6 is 24.0 Å². The van der Waals surface area contributed by atoms with Crippen molar-refractivity contribution >= 4 is 41.5 Å². The van der Waals surface area contributed by atoms with Crippen LogP contribution in [-0.4, -0.2) is 24.4 Å². The fourth-order valence-corrected chi connectivity index (χ4v) is 2.31. The van der Waals surface area contributed by atoms with Crippen LogP contribution in [0.1, 0.15) is 44.5 Å². The highest BCUT2D eigenvalue weighted by Crippen LogP contribution is 2.21. The summed E-state index contributed by atoms with van der Waals surface area (Å²) in [4.78, 5) is 24.2. The van der Waals surface area contributed by atoms with E-state index in [0.717, 1.165) is 6.42 Å². The zero-order valence-corrected chi connectivity index (χ0v) is 16.1. The van der Waals surface area contributed by atoms with Crippen LogP contribution in [-0.2, 0) is 4.79 Å². The molecule has 0 heterocycles. The van der Waals surface area contributed by atoms with Crippen molar-refractivity contribution < 1.29 is 9.59 Å². The first kappa shape index (κ1) is 22.7. The molecule has 5 nitrogen and oxygen atoms in total. The quantitative estimate of drug-likeness (QED) is 0.681. The summed E-state index contributed by atoms with van der Waals surface area (Å²) in [6, 6.07) is 4.76. The molecule has 0 spiro atoms. The lowest BCUT2D eigenvalue weighted by Crippen LogP contribution is -2.41. The maximum absolute atomic E-state index is 12.4. The fourth-order valence-electron chi connectivity index (χ4n) is 2.11. The van der Waals surface area contributed by atoms with Gasteiger partial charge in [0.25, 0.3) is 5.91 Å². The number of amides is 2. The predicted octanol–water partition coefficient (Wildman–Crippen LogP) is 3.46. The molecule has 2 amide bonds. The molecule has 0 saturated carbocycles. The number of rotatable bonds is 7. The molecule has 4 N–H and O–H groups in total. The smallest absolute Gasteiger partial charge is 0.253 e. The highest BCUT2D eigenvalue weighted by molar-refractivity contribution is 6.34. The van der Waals surface area contributed by atoms with Crippen LogP contribution in [0, 0.1) is 11.8 Å². The first-order valence-corrected chi connectivity index (χ1v) is 8.23. The van der Waals surface area contributed by atoms with E-state index in [1.165, 1.54) is 0 Å². The molecular weight excluding hydrogens is 349 g/mol. The van der Waals surface area contributed by atoms with Crippen molar-refractivity contribution in [1.82, 2.24) is 5.32 Å². The molecular formula is C17H27Cl2N3O2. The maximum Gasteiger partial charge on any atom is 0.253 e. The Hall–Kier alpha value is -1.30. The molecule has 7 heteroatoms. The Balaban J connectivity index is 0.00000529. The van der Waals surface area contributed by atoms with E-state index in [2.05, 4.69) is 24.5 Å². The summed E-state index contributed by atoms with van der Waals surface area (Å²) in [6.45, 7) is 8.12. The van der Waals surface area contributed by atoms with Crippen LogP contribution in [0.2, 0.25) is 5.02 Å². The molecule has 0 radical (unpaired) electrons. The van der Waals surface area contributed by atoms with Crippen molar-refractivity contribution in [2.24, 2.45) is 17.6 Å². The lowest BCUT2D eigenvalue weighted by Gasteiger charge is -2.19. The first-order chi connectivity index (χ1) is 10.7. The van der Waals surface area contributed by atoms with Crippen molar-refractivity contribution in [2.45, 2.75) is 40.2 Å². The van der Waals surface area contributed by atoms with Crippen molar-refractivity contribution in [2.75, 3.05) is 11.9 Å². The zero-order valence-electron chi connectivity index (χ0n) is 14.6. The van der Waals surface area contributed by atoms with Crippen LogP contribution in [0.3, 0.4) is 0 Å². The van der Waals surface area contributed by atoms with Gasteiger partial charge >= 0.3 is 0 Å². The zero-order chi connectivity index (χ0) is 17.6. The molecule has 0 bridgehead atoms. The molecule has 1 unspecified atom stereocenters. The number of anilines is 1. The molecule has 1 aromatic carbocycles. The second-order valence-electron chi connectivity index (χ2n) is 6.37. The summed E-state index contributed by atoms with van der Waals surface area (Å²) in [5, 5.41) is 6.00. The summed E-state index contributed by atoms with van der Waals surface area (Å²) in [5.41, 5.74) is 6.59. The van der Waals surface area contributed by atoms with E-state index in [1.54, 1.807) is 32.0 Å². The number of carbonyl (C=O) groups excluding carboxylic acids is 2. The van der Waals surface area contributed by atoms with Gasteiger partial charge in [-0.3, -0.25) is 9.59 Å². The molecule has 0 aromatic heterocycles. The van der Waals surface area contributed by atoms with Crippen LogP contribution in [0.25, 0.3) is 0 Å². The number of nitrogens with two attached hydrogens (primary N) is 1. The molecule has 0 aliphatic carbocycles. The Morgan fingerprint density at radius 3 is 2.33 bits per heavy atom. The van der Waals surface area contributed by atoms with Crippen molar-refractivity contribution in [3.63, 3.8) is 0 Å². The van der Waals surface area contributed by atoms with E-state index in [0.29, 0.717) is 28.7 Å². The van der Waals surface area contributed by atoms with E-state index in [-0.39, 0.29) is 36.2 Å². The summed E-state index contributed by atoms with van der Waals surface area (Å²) >= 11 is 6.12. The van der Waals surface area contributed by atoms with Crippen LogP contribution in [0.15, 0.2) is 18.2 Å². The maximum atomic E-state index is 12.4. The molecule has 136 valence electrons. The standard InChI is InChI=1S/C17H26ClN3O2.ClH/c1-10(2)7-13(9-19)21-17(23)14-8-12(5-6-15(14)18)20-16(22)11(3)4;/h5-6,8,10-11,13H,7,9,19H2,1-4H3,(H,20,22)(H,21,23);1H. The third kappa shape index (κ3) is 7.07. The lowest BCUT2D eigenvalue weighted by molar-refractivity contribution is -0.118. The fraction of sp³-hybridized carbons (Fsp3) is 0.529. The summed E-state index contributed by atoms with van der Waals surface area (Å²) in [5.74, 6) is -0.114. The van der Waals surface area contributed by atoms with Crippen molar-refractivity contribution in [3.05, 3.63) is 28.8 Å². The second-order valence-corrected chi connectivity index (χ2v) is 6.78. The lowest BCUT2D eigenvalue weighted by atomic mass is 10.0. The van der Waals surface area contributed by atoms with Crippen LogP contribution < -0.4 is 16.4 Å². The van der Waals surface area contributed by atoms with Gasteiger partial charge in [0.2, 0.25) is 5.91 Å². The number of carbonyl (C=O) groups is 2. The Labute approximate surface area is 155 Å². The van der Waals surface area contributed by atoms with E-state index < -0.39 is 0 Å². The minimum Gasteiger partial charge on any atom is -0.348 e. The van der Waals surface area contributed by atoms with Gasteiger partial charge in [-0.05, 0) is 30.5 Å². The molecule has 0 aliphatic heterocycles. The molecule has 0 aliphatic rings. The average Bonchev–Trinajstić information content (AvgIpc) is 2.47. The van der Waals surface area contributed by atoms with E-state index in [4.69, 9.17) is 17.3 Å². The largest absolute Gasteiger partial charge is 0.348 e. The van der Waals surface area contributed by atoms with Crippen molar-refractivity contribution in [3.8, 4) is 0 Å². The Bertz CT molecular complexity index is 563. The van der Waals surface area contributed by atoms with Gasteiger partial charge in [0.05, 0.1) is 10.6 Å². The molecule has 1 rings (SSSR count). The molecule has 24 heavy (non-hydrogen) atoms. The van der Waals surface area contributed by atoms with Gasteiger partial charge < -0.3 is 16.4 Å². The van der Waals surface area contributed by atoms with Gasteiger partial charge in [-0.1, -0.05) is 39.3 Å². The van der Waals surface area contributed by atoms with Crippen LogP contribution in [0.4, 0.5) is 5.69 Å². The summed E-state index contributed by atoms with van der Waals surface area (Å²) < 4.78 is 0. The first-order valence-electron chi connectivity index (χ1n) is 7.86. The number of halogens is 2. The van der Waals surface area contributed by atoms with Gasteiger partial charge in [-0.15, -0.1) is 12.4 Å². The van der Waals surface area contributed by atoms with Crippen LogP contribution in [0.5, 0.6) is 0 Å². The van der Waals surface area contributed by atoms with Gasteiger partial charge in [0.15, 0.2) is 0 Å². The minimum atomic E-state index is -0.285. The Morgan fingerprint density at radius 1 is 1.21 bits per heavy atom. The minimum absolute atomic E-state index is 0. The number of hydrogen-bond donors (Lipinski definition) is 3. The van der Waals surface area contributed by atoms with Gasteiger partial charge in [-0.25, -0.2) is 0 Å². The van der Waals surface area contributed by atoms with Gasteiger partial charge in [-0.2, -0.15) is 0 Å². The van der Waals surface area contributed by atoms with E-state index in [1.807, 2.05) is 0 Å². The van der Waals surface area contributed by atoms with Gasteiger partial charge in [0, 0.05) is 24.2 Å².